The lowest BCUT2D eigenvalue weighted by molar-refractivity contribution is -0.127. The molecule has 0 unspecified atom stereocenters. The molecule has 0 spiro atoms. The summed E-state index contributed by atoms with van der Waals surface area (Å²) >= 11 is 1.24. The van der Waals surface area contributed by atoms with Crippen molar-refractivity contribution in [2.45, 2.75) is 100 Å². The minimum Gasteiger partial charge on any atom is -0.350 e. The van der Waals surface area contributed by atoms with Crippen LogP contribution in [0.15, 0.2) is 29.2 Å². The van der Waals surface area contributed by atoms with E-state index in [1.807, 2.05) is 24.3 Å². The maximum Gasteiger partial charge on any atom is 0.240 e. The molecule has 0 heterocycles. The van der Waals surface area contributed by atoms with E-state index in [9.17, 15) is 4.79 Å². The lowest BCUT2D eigenvalue weighted by Gasteiger charge is -2.35. The van der Waals surface area contributed by atoms with Gasteiger partial charge in [-0.1, -0.05) is 76.3 Å². The number of hydrogen-bond acceptors (Lipinski definition) is 2. The van der Waals surface area contributed by atoms with Crippen molar-refractivity contribution in [3.8, 4) is 5.69 Å². The van der Waals surface area contributed by atoms with Gasteiger partial charge in [0, 0.05) is 11.4 Å². The van der Waals surface area contributed by atoms with E-state index >= 15 is 0 Å². The van der Waals surface area contributed by atoms with Crippen LogP contribution in [-0.2, 0) is 11.3 Å². The summed E-state index contributed by atoms with van der Waals surface area (Å²) in [5, 5.41) is 3.15. The van der Waals surface area contributed by atoms with Gasteiger partial charge in [0.2, 0.25) is 5.91 Å². The molecule has 160 valence electrons. The zero-order valence-corrected chi connectivity index (χ0v) is 18.7. The van der Waals surface area contributed by atoms with Crippen LogP contribution >= 0.6 is 11.2 Å². The molecule has 0 saturated heterocycles. The highest BCUT2D eigenvalue weighted by atomic mass is 32.1. The van der Waals surface area contributed by atoms with Crippen molar-refractivity contribution in [3.05, 3.63) is 29.8 Å². The number of nitrogens with one attached hydrogen (secondary N) is 1. The molecule has 1 amide bonds. The molecule has 0 aromatic heterocycles. The standard InChI is InChI=1S/C25H38N2OS/c1-29-23-14-12-22(13-15-23)19-27-24(28)25(26,18-21-10-6-3-7-11-21)17-16-20-8-4-2-5-9-20/h1,12-15,20-21H,2-11,16-19,26H2,(H,27,28)/t25-/m1/s1. The Morgan fingerprint density at radius 2 is 1.59 bits per heavy atom. The Morgan fingerprint density at radius 3 is 2.17 bits per heavy atom. The molecule has 0 bridgehead atoms. The van der Waals surface area contributed by atoms with Crippen molar-refractivity contribution in [1.29, 1.82) is 0 Å². The first-order valence-electron chi connectivity index (χ1n) is 11.6. The van der Waals surface area contributed by atoms with Gasteiger partial charge < -0.3 is 11.1 Å². The molecule has 4 heteroatoms. The Morgan fingerprint density at radius 1 is 1.00 bits per heavy atom. The van der Waals surface area contributed by atoms with Crippen molar-refractivity contribution in [3.63, 3.8) is 0 Å². The second kappa shape index (κ2) is 11.2. The third-order valence-corrected chi connectivity index (χ3v) is 7.61. The van der Waals surface area contributed by atoms with Crippen molar-refractivity contribution in [1.82, 2.24) is 5.32 Å². The molecule has 3 N–H and O–H groups in total. The van der Waals surface area contributed by atoms with Gasteiger partial charge in [-0.2, -0.15) is 0 Å². The number of nitrogens with two attached hydrogens (primary N) is 1. The van der Waals surface area contributed by atoms with Crippen LogP contribution in [0.5, 0.6) is 0 Å². The summed E-state index contributed by atoms with van der Waals surface area (Å²) in [5.41, 5.74) is 12.8. The summed E-state index contributed by atoms with van der Waals surface area (Å²) < 4.78 is 0. The molecule has 0 radical (unpaired) electrons. The summed E-state index contributed by atoms with van der Waals surface area (Å²) in [6, 6.07) is 8.04. The maximum absolute atomic E-state index is 13.2. The zero-order chi connectivity index (χ0) is 20.5. The molecule has 3 rings (SSSR count). The second-order valence-corrected chi connectivity index (χ2v) is 10.1. The van der Waals surface area contributed by atoms with Crippen LogP contribution in [0, 0.1) is 17.5 Å². The predicted molar refractivity (Wildman–Crippen MR) is 123 cm³/mol. The van der Waals surface area contributed by atoms with Crippen molar-refractivity contribution >= 4 is 17.1 Å². The minimum absolute atomic E-state index is 0.0381. The maximum atomic E-state index is 13.2. The van der Waals surface area contributed by atoms with Crippen LogP contribution in [0.4, 0.5) is 0 Å². The molecule has 2 aliphatic carbocycles. The van der Waals surface area contributed by atoms with Gasteiger partial charge in [0.1, 0.15) is 0 Å². The molecule has 1 atom stereocenters. The predicted octanol–water partition coefficient (Wildman–Crippen LogP) is 6.01. The van der Waals surface area contributed by atoms with E-state index in [-0.39, 0.29) is 5.91 Å². The largest absolute Gasteiger partial charge is 0.350 e. The minimum atomic E-state index is -0.730. The molecule has 2 fully saturated rings. The lowest BCUT2D eigenvalue weighted by atomic mass is 9.75. The summed E-state index contributed by atoms with van der Waals surface area (Å²) in [5.74, 6) is 1.40. The third kappa shape index (κ3) is 6.84. The molecule has 0 aliphatic heterocycles. The van der Waals surface area contributed by atoms with Crippen molar-refractivity contribution < 1.29 is 4.79 Å². The van der Waals surface area contributed by atoms with Crippen molar-refractivity contribution in [2.24, 2.45) is 17.6 Å². The zero-order valence-electron chi connectivity index (χ0n) is 17.8. The Labute approximate surface area is 180 Å². The van der Waals surface area contributed by atoms with E-state index in [2.05, 4.69) is 5.32 Å². The highest BCUT2D eigenvalue weighted by molar-refractivity contribution is 7.88. The molecular formula is C25H38N2OS. The first-order valence-corrected chi connectivity index (χ1v) is 12.5. The third-order valence-electron chi connectivity index (χ3n) is 7.07. The number of carbonyl (C=O) groups is 1. The highest BCUT2D eigenvalue weighted by Crippen LogP contribution is 2.34. The Hall–Kier alpha value is -1.35. The summed E-state index contributed by atoms with van der Waals surface area (Å²) in [7, 11) is 0. The average molecular weight is 415 g/mol. The molecule has 29 heavy (non-hydrogen) atoms. The van der Waals surface area contributed by atoms with Gasteiger partial charge in [-0.3, -0.25) is 4.79 Å². The van der Waals surface area contributed by atoms with Gasteiger partial charge in [-0.15, -0.1) is 16.9 Å². The first kappa shape index (κ1) is 22.3. The fraction of sp³-hybridized carbons (Fsp3) is 0.680. The molecule has 3 nitrogen and oxygen atoms in total. The summed E-state index contributed by atoms with van der Waals surface area (Å²) in [6.07, 6.45) is 15.8. The molecule has 1 aromatic carbocycles. The number of benzene rings is 1. The van der Waals surface area contributed by atoms with Gasteiger partial charge in [-0.25, -0.2) is 0 Å². The fourth-order valence-electron chi connectivity index (χ4n) is 5.20. The number of amides is 1. The van der Waals surface area contributed by atoms with E-state index in [4.69, 9.17) is 11.4 Å². The second-order valence-electron chi connectivity index (χ2n) is 9.35. The highest BCUT2D eigenvalue weighted by Gasteiger charge is 2.37. The van der Waals surface area contributed by atoms with Gasteiger partial charge in [0.15, 0.2) is 0 Å². The Balaban J connectivity index is 1.60. The number of carbonyl (C=O) groups excluding carboxylic acids is 1. The van der Waals surface area contributed by atoms with Gasteiger partial charge in [0.25, 0.3) is 0 Å². The normalized spacial score (nSPS) is 20.7. The van der Waals surface area contributed by atoms with E-state index in [1.54, 1.807) is 0 Å². The first-order chi connectivity index (χ1) is 14.1. The summed E-state index contributed by atoms with van der Waals surface area (Å²) in [6.45, 7) is 0.529. The molecule has 1 aromatic rings. The molecule has 2 aliphatic rings. The van der Waals surface area contributed by atoms with E-state index in [1.165, 1.54) is 75.4 Å². The monoisotopic (exact) mass is 414 g/mol. The van der Waals surface area contributed by atoms with E-state index < -0.39 is 5.54 Å². The van der Waals surface area contributed by atoms with E-state index in [0.29, 0.717) is 12.5 Å². The van der Waals surface area contributed by atoms with Crippen LogP contribution in [0.25, 0.3) is 0 Å². The smallest absolute Gasteiger partial charge is 0.240 e. The van der Waals surface area contributed by atoms with Crippen LogP contribution in [0.1, 0.15) is 89.0 Å². The summed E-state index contributed by atoms with van der Waals surface area (Å²) in [4.78, 5) is 14.3. The van der Waals surface area contributed by atoms with Crippen LogP contribution in [-0.4, -0.2) is 11.4 Å². The quantitative estimate of drug-likeness (QED) is 0.547. The van der Waals surface area contributed by atoms with Crippen LogP contribution in [0.3, 0.4) is 0 Å². The lowest BCUT2D eigenvalue weighted by Crippen LogP contribution is -2.55. The topological polar surface area (TPSA) is 55.1 Å². The Kier molecular flexibility index (Phi) is 8.59. The SMILES string of the molecule is C#Sc1ccc(CNC(=O)[C@@](N)(CCC2CCCCC2)CC2CCCCC2)cc1. The van der Waals surface area contributed by atoms with Gasteiger partial charge >= 0.3 is 0 Å². The average Bonchev–Trinajstić information content (AvgIpc) is 2.78. The van der Waals surface area contributed by atoms with Gasteiger partial charge in [-0.05, 0) is 48.8 Å². The van der Waals surface area contributed by atoms with Crippen LogP contribution < -0.4 is 11.1 Å². The van der Waals surface area contributed by atoms with Crippen LogP contribution in [0.2, 0.25) is 0 Å². The molecule has 2 saturated carbocycles. The van der Waals surface area contributed by atoms with Crippen molar-refractivity contribution in [2.75, 3.05) is 0 Å². The Bertz CT molecular complexity index is 684. The number of hydrogen-bond donors (Lipinski definition) is 2. The number of rotatable bonds is 8. The fourth-order valence-corrected chi connectivity index (χ4v) is 5.49. The molecular weight excluding hydrogens is 376 g/mol. The van der Waals surface area contributed by atoms with Gasteiger partial charge in [0.05, 0.1) is 5.54 Å². The van der Waals surface area contributed by atoms with E-state index in [0.717, 1.165) is 35.6 Å².